The summed E-state index contributed by atoms with van der Waals surface area (Å²) in [6, 6.07) is 0.443. The summed E-state index contributed by atoms with van der Waals surface area (Å²) >= 11 is 0. The molecule has 0 heterocycles. The number of aliphatic carboxylic acids is 1. The van der Waals surface area contributed by atoms with Crippen LogP contribution in [0, 0.1) is 5.92 Å². The van der Waals surface area contributed by atoms with Crippen LogP contribution in [-0.2, 0) is 4.79 Å². The van der Waals surface area contributed by atoms with Gasteiger partial charge in [-0.05, 0) is 19.3 Å². The molecule has 0 aromatic carbocycles. The normalized spacial score (nSPS) is 13.8. The van der Waals surface area contributed by atoms with Crippen molar-refractivity contribution in [2.45, 2.75) is 33.2 Å². The molecular formula is C10H19NO2. The van der Waals surface area contributed by atoms with E-state index in [9.17, 15) is 4.79 Å². The van der Waals surface area contributed by atoms with Crippen LogP contribution in [0.5, 0.6) is 0 Å². The lowest BCUT2D eigenvalue weighted by atomic mass is 10.1. The van der Waals surface area contributed by atoms with E-state index < -0.39 is 5.97 Å². The second kappa shape index (κ2) is 6.66. The Morgan fingerprint density at radius 1 is 1.46 bits per heavy atom. The molecule has 0 radical (unpaired) electrons. The van der Waals surface area contributed by atoms with Crippen molar-refractivity contribution in [2.24, 2.45) is 5.92 Å². The highest BCUT2D eigenvalue weighted by molar-refractivity contribution is 5.79. The van der Waals surface area contributed by atoms with Crippen molar-refractivity contribution >= 4 is 5.97 Å². The fraction of sp³-hybridized carbons (Fsp3) is 0.700. The largest absolute Gasteiger partial charge is 0.478 e. The number of hydrogen-bond acceptors (Lipinski definition) is 2. The number of carboxylic acids is 1. The maximum absolute atomic E-state index is 10.1. The smallest absolute Gasteiger partial charge is 0.328 e. The first kappa shape index (κ1) is 12.2. The zero-order valence-corrected chi connectivity index (χ0v) is 8.58. The average molecular weight is 185 g/mol. The first-order valence-corrected chi connectivity index (χ1v) is 4.65. The van der Waals surface area contributed by atoms with E-state index >= 15 is 0 Å². The number of rotatable bonds is 6. The zero-order valence-electron chi connectivity index (χ0n) is 8.58. The van der Waals surface area contributed by atoms with Gasteiger partial charge in [0.05, 0.1) is 0 Å². The van der Waals surface area contributed by atoms with Gasteiger partial charge in [0.15, 0.2) is 0 Å². The van der Waals surface area contributed by atoms with Crippen LogP contribution < -0.4 is 5.32 Å². The minimum atomic E-state index is -0.890. The van der Waals surface area contributed by atoms with Gasteiger partial charge in [-0.2, -0.15) is 0 Å². The second-order valence-corrected chi connectivity index (χ2v) is 3.68. The molecule has 0 bridgehead atoms. The third kappa shape index (κ3) is 9.08. The van der Waals surface area contributed by atoms with Gasteiger partial charge in [-0.15, -0.1) is 0 Å². The Labute approximate surface area is 79.8 Å². The molecule has 13 heavy (non-hydrogen) atoms. The van der Waals surface area contributed by atoms with Crippen LogP contribution >= 0.6 is 0 Å². The molecule has 1 unspecified atom stereocenters. The quantitative estimate of drug-likeness (QED) is 0.619. The van der Waals surface area contributed by atoms with Crippen LogP contribution in [0.25, 0.3) is 0 Å². The molecule has 0 aromatic rings. The van der Waals surface area contributed by atoms with Gasteiger partial charge >= 0.3 is 5.97 Å². The van der Waals surface area contributed by atoms with Crippen molar-refractivity contribution in [1.29, 1.82) is 0 Å². The Bertz CT molecular complexity index is 176. The van der Waals surface area contributed by atoms with Gasteiger partial charge in [0.2, 0.25) is 0 Å². The molecule has 0 aromatic heterocycles. The van der Waals surface area contributed by atoms with E-state index in [1.54, 1.807) is 6.08 Å². The first-order valence-electron chi connectivity index (χ1n) is 4.65. The van der Waals surface area contributed by atoms with Gasteiger partial charge in [0.1, 0.15) is 0 Å². The number of carbonyl (C=O) groups is 1. The molecule has 0 rings (SSSR count). The third-order valence-corrected chi connectivity index (χ3v) is 1.67. The highest BCUT2D eigenvalue weighted by Crippen LogP contribution is 2.02. The topological polar surface area (TPSA) is 49.3 Å². The lowest BCUT2D eigenvalue weighted by molar-refractivity contribution is -0.131. The number of carboxylic acid groups (broad SMARTS) is 1. The lowest BCUT2D eigenvalue weighted by Crippen LogP contribution is -2.27. The maximum Gasteiger partial charge on any atom is 0.328 e. The monoisotopic (exact) mass is 185 g/mol. The molecule has 3 nitrogen and oxygen atoms in total. The summed E-state index contributed by atoms with van der Waals surface area (Å²) in [6.45, 7) is 7.07. The van der Waals surface area contributed by atoms with E-state index in [2.05, 4.69) is 26.1 Å². The second-order valence-electron chi connectivity index (χ2n) is 3.68. The summed E-state index contributed by atoms with van der Waals surface area (Å²) in [5.74, 6) is -0.218. The summed E-state index contributed by atoms with van der Waals surface area (Å²) in [4.78, 5) is 10.1. The number of nitrogens with one attached hydrogen (secondary N) is 1. The SMILES string of the molecule is CC(C)CC(C)NC/C=C/C(=O)O. The maximum atomic E-state index is 10.1. The molecule has 0 fully saturated rings. The van der Waals surface area contributed by atoms with Crippen molar-refractivity contribution in [1.82, 2.24) is 5.32 Å². The van der Waals surface area contributed by atoms with Crippen molar-refractivity contribution in [3.63, 3.8) is 0 Å². The van der Waals surface area contributed by atoms with Crippen LogP contribution in [0.2, 0.25) is 0 Å². The molecule has 2 N–H and O–H groups in total. The fourth-order valence-electron chi connectivity index (χ4n) is 1.22. The molecule has 0 saturated heterocycles. The molecule has 0 aliphatic rings. The molecule has 0 aliphatic heterocycles. The number of hydrogen-bond donors (Lipinski definition) is 2. The van der Waals surface area contributed by atoms with Crippen molar-refractivity contribution in [3.8, 4) is 0 Å². The van der Waals surface area contributed by atoms with Gasteiger partial charge < -0.3 is 10.4 Å². The zero-order chi connectivity index (χ0) is 10.3. The van der Waals surface area contributed by atoms with Crippen LogP contribution in [-0.4, -0.2) is 23.7 Å². The molecule has 3 heteroatoms. The Balaban J connectivity index is 3.47. The summed E-state index contributed by atoms with van der Waals surface area (Å²) in [5.41, 5.74) is 0. The summed E-state index contributed by atoms with van der Waals surface area (Å²) in [6.07, 6.45) is 3.90. The fourth-order valence-corrected chi connectivity index (χ4v) is 1.22. The van der Waals surface area contributed by atoms with E-state index in [4.69, 9.17) is 5.11 Å². The Kier molecular flexibility index (Phi) is 6.24. The van der Waals surface area contributed by atoms with Gasteiger partial charge in [0.25, 0.3) is 0 Å². The van der Waals surface area contributed by atoms with Crippen LogP contribution in [0.3, 0.4) is 0 Å². The van der Waals surface area contributed by atoms with Gasteiger partial charge in [-0.3, -0.25) is 0 Å². The van der Waals surface area contributed by atoms with Gasteiger partial charge in [0, 0.05) is 18.7 Å². The Morgan fingerprint density at radius 2 is 2.08 bits per heavy atom. The Morgan fingerprint density at radius 3 is 2.54 bits per heavy atom. The molecule has 0 aliphatic carbocycles. The summed E-state index contributed by atoms with van der Waals surface area (Å²) in [5, 5.41) is 11.5. The molecule has 76 valence electrons. The highest BCUT2D eigenvalue weighted by Gasteiger charge is 2.01. The van der Waals surface area contributed by atoms with E-state index in [1.807, 2.05) is 0 Å². The predicted octanol–water partition coefficient (Wildman–Crippen LogP) is 1.65. The molecule has 0 spiro atoms. The lowest BCUT2D eigenvalue weighted by Gasteiger charge is -2.14. The van der Waals surface area contributed by atoms with Crippen molar-refractivity contribution in [3.05, 3.63) is 12.2 Å². The minimum Gasteiger partial charge on any atom is -0.478 e. The summed E-state index contributed by atoms with van der Waals surface area (Å²) < 4.78 is 0. The van der Waals surface area contributed by atoms with Gasteiger partial charge in [-0.25, -0.2) is 4.79 Å². The van der Waals surface area contributed by atoms with E-state index in [0.29, 0.717) is 18.5 Å². The van der Waals surface area contributed by atoms with Gasteiger partial charge in [-0.1, -0.05) is 19.9 Å². The molecule has 0 saturated carbocycles. The van der Waals surface area contributed by atoms with E-state index in [0.717, 1.165) is 12.5 Å². The predicted molar refractivity (Wildman–Crippen MR) is 53.7 cm³/mol. The van der Waals surface area contributed by atoms with Crippen LogP contribution in [0.15, 0.2) is 12.2 Å². The van der Waals surface area contributed by atoms with E-state index in [-0.39, 0.29) is 0 Å². The molecule has 1 atom stereocenters. The molecule has 0 amide bonds. The van der Waals surface area contributed by atoms with Crippen LogP contribution in [0.4, 0.5) is 0 Å². The third-order valence-electron chi connectivity index (χ3n) is 1.67. The van der Waals surface area contributed by atoms with Crippen molar-refractivity contribution < 1.29 is 9.90 Å². The molecular weight excluding hydrogens is 166 g/mol. The Hall–Kier alpha value is -0.830. The average Bonchev–Trinajstić information content (AvgIpc) is 1.96. The summed E-state index contributed by atoms with van der Waals surface area (Å²) in [7, 11) is 0. The van der Waals surface area contributed by atoms with Crippen molar-refractivity contribution in [2.75, 3.05) is 6.54 Å². The van der Waals surface area contributed by atoms with E-state index in [1.165, 1.54) is 0 Å². The minimum absolute atomic E-state index is 0.443. The first-order chi connectivity index (χ1) is 6.02. The highest BCUT2D eigenvalue weighted by atomic mass is 16.4. The standard InChI is InChI=1S/C10H19NO2/c1-8(2)7-9(3)11-6-4-5-10(12)13/h4-5,8-9,11H,6-7H2,1-3H3,(H,12,13)/b5-4+. The van der Waals surface area contributed by atoms with Crippen LogP contribution in [0.1, 0.15) is 27.2 Å².